The second-order valence-corrected chi connectivity index (χ2v) is 2.56. The molecule has 0 saturated carbocycles. The van der Waals surface area contributed by atoms with Crippen LogP contribution in [0.3, 0.4) is 0 Å². The highest BCUT2D eigenvalue weighted by atomic mass is 16.3. The number of pyridine rings is 1. The first-order chi connectivity index (χ1) is 7.01. The van der Waals surface area contributed by atoms with Crippen LogP contribution in [0.2, 0.25) is 0 Å². The molecule has 0 aliphatic heterocycles. The second-order valence-electron chi connectivity index (χ2n) is 2.56. The van der Waals surface area contributed by atoms with E-state index in [1.165, 1.54) is 6.92 Å². The third kappa shape index (κ3) is 5.25. The van der Waals surface area contributed by atoms with Gasteiger partial charge in [0.2, 0.25) is 11.3 Å². The van der Waals surface area contributed by atoms with Gasteiger partial charge in [0, 0.05) is 26.2 Å². The number of aldehydes is 1. The van der Waals surface area contributed by atoms with Crippen LogP contribution in [0.5, 0.6) is 5.75 Å². The number of amides is 1. The van der Waals surface area contributed by atoms with Crippen molar-refractivity contribution in [2.75, 3.05) is 7.05 Å². The van der Waals surface area contributed by atoms with Crippen molar-refractivity contribution in [3.05, 3.63) is 28.2 Å². The second kappa shape index (κ2) is 6.36. The third-order valence-corrected chi connectivity index (χ3v) is 1.39. The van der Waals surface area contributed by atoms with Crippen molar-refractivity contribution in [3.63, 3.8) is 0 Å². The Kier molecular flexibility index (Phi) is 5.47. The zero-order valence-electron chi connectivity index (χ0n) is 8.40. The van der Waals surface area contributed by atoms with Crippen LogP contribution < -0.4 is 10.7 Å². The lowest BCUT2D eigenvalue weighted by molar-refractivity contribution is -0.118. The van der Waals surface area contributed by atoms with Gasteiger partial charge in [-0.3, -0.25) is 14.4 Å². The zero-order valence-corrected chi connectivity index (χ0v) is 8.40. The standard InChI is InChI=1S/C6H5NO3.C3H7NO/c8-3-4-1-5(9)6(10)2-7-4;1-3(5)4-2/h1-3,10H,(H,7,9);1-2H3,(H,4,5). The number of hydrogen-bond donors (Lipinski definition) is 3. The third-order valence-electron chi connectivity index (χ3n) is 1.39. The molecule has 0 aliphatic carbocycles. The predicted octanol–water partition coefficient (Wildman–Crippen LogP) is -0.355. The van der Waals surface area contributed by atoms with E-state index in [-0.39, 0.29) is 17.4 Å². The molecule has 0 atom stereocenters. The van der Waals surface area contributed by atoms with Crippen molar-refractivity contribution in [3.8, 4) is 5.75 Å². The van der Waals surface area contributed by atoms with Crippen LogP contribution in [-0.4, -0.2) is 29.3 Å². The van der Waals surface area contributed by atoms with Crippen LogP contribution in [0.4, 0.5) is 0 Å². The summed E-state index contributed by atoms with van der Waals surface area (Å²) in [4.78, 5) is 32.7. The Bertz CT molecular complexity index is 397. The van der Waals surface area contributed by atoms with E-state index in [0.29, 0.717) is 6.29 Å². The van der Waals surface area contributed by atoms with Gasteiger partial charge in [-0.05, 0) is 0 Å². The topological polar surface area (TPSA) is 99.3 Å². The molecule has 0 aliphatic rings. The average molecular weight is 212 g/mol. The first-order valence-electron chi connectivity index (χ1n) is 4.06. The maximum atomic E-state index is 10.6. The van der Waals surface area contributed by atoms with Crippen LogP contribution in [-0.2, 0) is 4.79 Å². The summed E-state index contributed by atoms with van der Waals surface area (Å²) >= 11 is 0. The maximum Gasteiger partial charge on any atom is 0.223 e. The van der Waals surface area contributed by atoms with E-state index in [4.69, 9.17) is 5.11 Å². The largest absolute Gasteiger partial charge is 0.503 e. The highest BCUT2D eigenvalue weighted by molar-refractivity contribution is 5.72. The number of rotatable bonds is 1. The van der Waals surface area contributed by atoms with Gasteiger partial charge in [0.15, 0.2) is 12.0 Å². The smallest absolute Gasteiger partial charge is 0.223 e. The van der Waals surface area contributed by atoms with Crippen molar-refractivity contribution in [1.82, 2.24) is 10.3 Å². The van der Waals surface area contributed by atoms with Crippen LogP contribution in [0.1, 0.15) is 17.4 Å². The number of aromatic nitrogens is 1. The van der Waals surface area contributed by atoms with E-state index in [0.717, 1.165) is 12.3 Å². The van der Waals surface area contributed by atoms with E-state index in [9.17, 15) is 14.4 Å². The molecule has 3 N–H and O–H groups in total. The monoisotopic (exact) mass is 212 g/mol. The van der Waals surface area contributed by atoms with Crippen LogP contribution in [0.25, 0.3) is 0 Å². The molecule has 0 bridgehead atoms. The molecule has 6 nitrogen and oxygen atoms in total. The van der Waals surface area contributed by atoms with Crippen LogP contribution >= 0.6 is 0 Å². The lowest BCUT2D eigenvalue weighted by atomic mass is 10.3. The van der Waals surface area contributed by atoms with Gasteiger partial charge in [-0.1, -0.05) is 0 Å². The zero-order chi connectivity index (χ0) is 11.8. The summed E-state index contributed by atoms with van der Waals surface area (Å²) in [6.45, 7) is 1.47. The molecule has 15 heavy (non-hydrogen) atoms. The molecular formula is C9H12N2O4. The van der Waals surface area contributed by atoms with Crippen LogP contribution in [0, 0.1) is 0 Å². The Morgan fingerprint density at radius 3 is 2.47 bits per heavy atom. The first kappa shape index (κ1) is 12.9. The van der Waals surface area contributed by atoms with E-state index >= 15 is 0 Å². The minimum atomic E-state index is -0.555. The molecule has 1 amide bonds. The quantitative estimate of drug-likeness (QED) is 0.554. The summed E-state index contributed by atoms with van der Waals surface area (Å²) < 4.78 is 0. The Morgan fingerprint density at radius 2 is 2.13 bits per heavy atom. The Morgan fingerprint density at radius 1 is 1.60 bits per heavy atom. The number of H-pyrrole nitrogens is 1. The van der Waals surface area contributed by atoms with E-state index < -0.39 is 5.43 Å². The summed E-state index contributed by atoms with van der Waals surface area (Å²) in [5.74, 6) is -0.379. The number of nitrogens with one attached hydrogen (secondary N) is 2. The average Bonchev–Trinajstić information content (AvgIpc) is 2.23. The van der Waals surface area contributed by atoms with E-state index in [1.807, 2.05) is 0 Å². The van der Waals surface area contributed by atoms with Crippen molar-refractivity contribution in [2.24, 2.45) is 0 Å². The molecule has 0 saturated heterocycles. The van der Waals surface area contributed by atoms with E-state index in [2.05, 4.69) is 10.3 Å². The molecule has 0 unspecified atom stereocenters. The molecule has 6 heteroatoms. The SMILES string of the molecule is CNC(C)=O.O=Cc1cc(=O)c(O)c[nH]1. The highest BCUT2D eigenvalue weighted by Crippen LogP contribution is 1.95. The molecular weight excluding hydrogens is 200 g/mol. The van der Waals surface area contributed by atoms with Gasteiger partial charge < -0.3 is 15.4 Å². The number of carbonyl (C=O) groups is 2. The Labute approximate surface area is 85.9 Å². The fourth-order valence-corrected chi connectivity index (χ4v) is 0.548. The molecule has 0 fully saturated rings. The van der Waals surface area contributed by atoms with Crippen molar-refractivity contribution >= 4 is 12.2 Å². The highest BCUT2D eigenvalue weighted by Gasteiger charge is 1.95. The lowest BCUT2D eigenvalue weighted by Gasteiger charge is -1.89. The van der Waals surface area contributed by atoms with Gasteiger partial charge in [-0.25, -0.2) is 0 Å². The summed E-state index contributed by atoms with van der Waals surface area (Å²) in [6.07, 6.45) is 1.58. The molecule has 82 valence electrons. The van der Waals surface area contributed by atoms with Gasteiger partial charge in [0.25, 0.3) is 0 Å². The minimum Gasteiger partial charge on any atom is -0.503 e. The summed E-state index contributed by atoms with van der Waals surface area (Å²) in [5, 5.41) is 11.1. The van der Waals surface area contributed by atoms with E-state index in [1.54, 1.807) is 7.05 Å². The van der Waals surface area contributed by atoms with Gasteiger partial charge in [-0.2, -0.15) is 0 Å². The van der Waals surface area contributed by atoms with Gasteiger partial charge >= 0.3 is 0 Å². The summed E-state index contributed by atoms with van der Waals surface area (Å²) in [5.41, 5.74) is -0.399. The number of hydrogen-bond acceptors (Lipinski definition) is 4. The summed E-state index contributed by atoms with van der Waals surface area (Å²) in [7, 11) is 1.60. The molecule has 1 aromatic heterocycles. The Hall–Kier alpha value is -2.11. The molecule has 0 radical (unpaired) electrons. The van der Waals surface area contributed by atoms with Crippen molar-refractivity contribution in [1.29, 1.82) is 0 Å². The summed E-state index contributed by atoms with van der Waals surface area (Å²) in [6, 6.07) is 1.03. The van der Waals surface area contributed by atoms with Gasteiger partial charge in [0.1, 0.15) is 0 Å². The normalized spacial score (nSPS) is 8.40. The first-order valence-corrected chi connectivity index (χ1v) is 4.06. The fourth-order valence-electron chi connectivity index (χ4n) is 0.548. The Balaban J connectivity index is 0.000000336. The minimum absolute atomic E-state index is 0.00463. The number of aromatic hydroxyl groups is 1. The molecule has 1 heterocycles. The number of aromatic amines is 1. The lowest BCUT2D eigenvalue weighted by Crippen LogP contribution is -2.11. The van der Waals surface area contributed by atoms with Crippen molar-refractivity contribution in [2.45, 2.75) is 6.92 Å². The number of carbonyl (C=O) groups excluding carboxylic acids is 2. The van der Waals surface area contributed by atoms with Gasteiger partial charge in [-0.15, -0.1) is 0 Å². The van der Waals surface area contributed by atoms with Crippen molar-refractivity contribution < 1.29 is 14.7 Å². The van der Waals surface area contributed by atoms with Crippen LogP contribution in [0.15, 0.2) is 17.1 Å². The molecule has 1 aromatic rings. The van der Waals surface area contributed by atoms with Gasteiger partial charge in [0.05, 0.1) is 5.69 Å². The maximum absolute atomic E-state index is 10.6. The molecule has 0 aromatic carbocycles. The molecule has 0 spiro atoms. The molecule has 1 rings (SSSR count). The predicted molar refractivity (Wildman–Crippen MR) is 53.9 cm³/mol. The fraction of sp³-hybridized carbons (Fsp3) is 0.222.